The van der Waals surface area contributed by atoms with E-state index in [2.05, 4.69) is 16.5 Å². The summed E-state index contributed by atoms with van der Waals surface area (Å²) in [5.74, 6) is 0.733. The number of aromatic nitrogens is 2. The van der Waals surface area contributed by atoms with Gasteiger partial charge in [0, 0.05) is 0 Å². The lowest BCUT2D eigenvalue weighted by Crippen LogP contribution is -2.15. The van der Waals surface area contributed by atoms with E-state index in [9.17, 15) is 5.11 Å². The van der Waals surface area contributed by atoms with Gasteiger partial charge >= 0.3 is 0 Å². The van der Waals surface area contributed by atoms with Gasteiger partial charge < -0.3 is 5.11 Å². The van der Waals surface area contributed by atoms with Crippen LogP contribution in [0.2, 0.25) is 0 Å². The Balaban J connectivity index is 1.98. The van der Waals surface area contributed by atoms with Crippen LogP contribution in [0, 0.1) is 5.92 Å². The fraction of sp³-hybridized carbons (Fsp3) is 0.800. The smallest absolute Gasteiger partial charge is 0.0919 e. The van der Waals surface area contributed by atoms with Crippen molar-refractivity contribution in [3.05, 3.63) is 10.6 Å². The highest BCUT2D eigenvalue weighted by Crippen LogP contribution is 2.36. The molecule has 1 aromatic rings. The summed E-state index contributed by atoms with van der Waals surface area (Å²) in [6.45, 7) is 2.05. The number of aliphatic hydroxyl groups excluding tert-OH is 1. The molecule has 0 aliphatic heterocycles. The number of hydrogen-bond donors (Lipinski definition) is 1. The Kier molecular flexibility index (Phi) is 3.13. The summed E-state index contributed by atoms with van der Waals surface area (Å²) in [6, 6.07) is 0. The van der Waals surface area contributed by atoms with Crippen LogP contribution >= 0.6 is 11.5 Å². The lowest BCUT2D eigenvalue weighted by Gasteiger charge is -2.27. The van der Waals surface area contributed by atoms with Gasteiger partial charge in [-0.3, -0.25) is 0 Å². The van der Waals surface area contributed by atoms with Crippen molar-refractivity contribution in [2.45, 2.75) is 45.1 Å². The van der Waals surface area contributed by atoms with Crippen LogP contribution in [-0.4, -0.2) is 14.7 Å². The van der Waals surface area contributed by atoms with Crippen molar-refractivity contribution in [1.82, 2.24) is 9.59 Å². The molecule has 0 saturated heterocycles. The Morgan fingerprint density at radius 3 is 2.93 bits per heavy atom. The van der Waals surface area contributed by atoms with Crippen molar-refractivity contribution in [3.63, 3.8) is 0 Å². The molecule has 1 aliphatic rings. The molecule has 4 heteroatoms. The van der Waals surface area contributed by atoms with Crippen molar-refractivity contribution >= 4 is 11.5 Å². The van der Waals surface area contributed by atoms with Crippen molar-refractivity contribution in [3.8, 4) is 0 Å². The monoisotopic (exact) mass is 212 g/mol. The number of nitrogens with zero attached hydrogens (tertiary/aromatic N) is 2. The Hall–Kier alpha value is -0.480. The maximum absolute atomic E-state index is 9.99. The first-order chi connectivity index (χ1) is 6.81. The van der Waals surface area contributed by atoms with Crippen LogP contribution < -0.4 is 0 Å². The quantitative estimate of drug-likeness (QED) is 0.833. The SMILES string of the molecule is CCc1nnsc1C(O)CC1CCC1. The molecular formula is C10H16N2OS. The van der Waals surface area contributed by atoms with Gasteiger partial charge in [0.1, 0.15) is 0 Å². The average molecular weight is 212 g/mol. The van der Waals surface area contributed by atoms with Gasteiger partial charge in [-0.1, -0.05) is 30.7 Å². The topological polar surface area (TPSA) is 46.0 Å². The lowest BCUT2D eigenvalue weighted by atomic mass is 9.81. The average Bonchev–Trinajstić information content (AvgIpc) is 2.58. The van der Waals surface area contributed by atoms with E-state index in [1.54, 1.807) is 0 Å². The third-order valence-electron chi connectivity index (χ3n) is 3.00. The zero-order valence-corrected chi connectivity index (χ0v) is 9.26. The maximum atomic E-state index is 9.99. The number of rotatable bonds is 4. The Labute approximate surface area is 88.3 Å². The van der Waals surface area contributed by atoms with E-state index in [-0.39, 0.29) is 6.10 Å². The molecule has 0 spiro atoms. The fourth-order valence-corrected chi connectivity index (χ4v) is 2.60. The van der Waals surface area contributed by atoms with Crippen LogP contribution in [0.3, 0.4) is 0 Å². The highest BCUT2D eigenvalue weighted by molar-refractivity contribution is 7.05. The molecule has 1 N–H and O–H groups in total. The molecule has 0 bridgehead atoms. The molecule has 1 atom stereocenters. The molecule has 1 heterocycles. The van der Waals surface area contributed by atoms with E-state index in [4.69, 9.17) is 0 Å². The van der Waals surface area contributed by atoms with E-state index in [1.807, 2.05) is 0 Å². The van der Waals surface area contributed by atoms with Crippen molar-refractivity contribution in [2.24, 2.45) is 5.92 Å². The van der Waals surface area contributed by atoms with E-state index >= 15 is 0 Å². The molecule has 1 aromatic heterocycles. The van der Waals surface area contributed by atoms with Gasteiger partial charge in [0.2, 0.25) is 0 Å². The van der Waals surface area contributed by atoms with Gasteiger partial charge in [-0.05, 0) is 30.3 Å². The molecule has 1 unspecified atom stereocenters. The van der Waals surface area contributed by atoms with Gasteiger partial charge in [-0.2, -0.15) is 0 Å². The predicted molar refractivity (Wildman–Crippen MR) is 56.2 cm³/mol. The second-order valence-electron chi connectivity index (χ2n) is 3.99. The minimum Gasteiger partial charge on any atom is -0.387 e. The standard InChI is InChI=1S/C10H16N2OS/c1-2-8-10(14-12-11-8)9(13)6-7-4-3-5-7/h7,9,13H,2-6H2,1H3. The molecule has 0 amide bonds. The number of hydrogen-bond acceptors (Lipinski definition) is 4. The van der Waals surface area contributed by atoms with Crippen LogP contribution in [0.1, 0.15) is 49.3 Å². The third kappa shape index (κ3) is 1.96. The van der Waals surface area contributed by atoms with E-state index in [0.717, 1.165) is 29.3 Å². The van der Waals surface area contributed by atoms with Gasteiger partial charge in [0.15, 0.2) is 0 Å². The number of aryl methyl sites for hydroxylation is 1. The maximum Gasteiger partial charge on any atom is 0.0919 e. The molecule has 1 saturated carbocycles. The van der Waals surface area contributed by atoms with Gasteiger partial charge in [0.05, 0.1) is 16.7 Å². The minimum atomic E-state index is -0.324. The van der Waals surface area contributed by atoms with Crippen molar-refractivity contribution in [1.29, 1.82) is 0 Å². The molecule has 3 nitrogen and oxygen atoms in total. The van der Waals surface area contributed by atoms with Crippen molar-refractivity contribution in [2.75, 3.05) is 0 Å². The summed E-state index contributed by atoms with van der Waals surface area (Å²) in [5.41, 5.74) is 0.974. The summed E-state index contributed by atoms with van der Waals surface area (Å²) < 4.78 is 3.90. The Morgan fingerprint density at radius 2 is 2.36 bits per heavy atom. The van der Waals surface area contributed by atoms with E-state index < -0.39 is 0 Å². The highest BCUT2D eigenvalue weighted by Gasteiger charge is 2.24. The molecule has 78 valence electrons. The minimum absolute atomic E-state index is 0.324. The first-order valence-electron chi connectivity index (χ1n) is 5.30. The zero-order chi connectivity index (χ0) is 9.97. The summed E-state index contributed by atoms with van der Waals surface area (Å²) in [6.07, 6.45) is 5.34. The summed E-state index contributed by atoms with van der Waals surface area (Å²) in [5, 5.41) is 14.0. The van der Waals surface area contributed by atoms with Crippen molar-refractivity contribution < 1.29 is 5.11 Å². The summed E-state index contributed by atoms with van der Waals surface area (Å²) in [7, 11) is 0. The van der Waals surface area contributed by atoms with Crippen LogP contribution in [0.25, 0.3) is 0 Å². The summed E-state index contributed by atoms with van der Waals surface area (Å²) in [4.78, 5) is 0.986. The van der Waals surface area contributed by atoms with Crippen LogP contribution in [0.5, 0.6) is 0 Å². The van der Waals surface area contributed by atoms with Gasteiger partial charge in [0.25, 0.3) is 0 Å². The Bertz CT molecular complexity index is 296. The molecule has 0 aromatic carbocycles. The Morgan fingerprint density at radius 1 is 1.57 bits per heavy atom. The normalized spacial score (nSPS) is 19.3. The molecule has 14 heavy (non-hydrogen) atoms. The van der Waals surface area contributed by atoms with E-state index in [1.165, 1.54) is 30.8 Å². The fourth-order valence-electron chi connectivity index (χ4n) is 1.87. The van der Waals surface area contributed by atoms with E-state index in [0.29, 0.717) is 0 Å². The largest absolute Gasteiger partial charge is 0.387 e. The van der Waals surface area contributed by atoms with Gasteiger partial charge in [-0.15, -0.1) is 5.10 Å². The number of aliphatic hydroxyl groups is 1. The molecule has 1 aliphatic carbocycles. The summed E-state index contributed by atoms with van der Waals surface area (Å²) >= 11 is 1.35. The first-order valence-corrected chi connectivity index (χ1v) is 6.07. The second kappa shape index (κ2) is 4.36. The molecule has 1 fully saturated rings. The third-order valence-corrected chi connectivity index (χ3v) is 3.87. The molecule has 0 radical (unpaired) electrons. The molecular weight excluding hydrogens is 196 g/mol. The zero-order valence-electron chi connectivity index (χ0n) is 8.44. The highest BCUT2D eigenvalue weighted by atomic mass is 32.1. The van der Waals surface area contributed by atoms with Crippen LogP contribution in [-0.2, 0) is 6.42 Å². The second-order valence-corrected chi connectivity index (χ2v) is 4.77. The first kappa shape index (κ1) is 10.1. The predicted octanol–water partition coefficient (Wildman–Crippen LogP) is 2.32. The lowest BCUT2D eigenvalue weighted by molar-refractivity contribution is 0.120. The van der Waals surface area contributed by atoms with Gasteiger partial charge in [-0.25, -0.2) is 0 Å². The molecule has 2 rings (SSSR count). The van der Waals surface area contributed by atoms with Crippen LogP contribution in [0.15, 0.2) is 0 Å². The van der Waals surface area contributed by atoms with Crippen LogP contribution in [0.4, 0.5) is 0 Å².